The molecule has 0 atom stereocenters. The Kier molecular flexibility index (Phi) is 6.23. The number of hydrogen-bond donors (Lipinski definition) is 2. The molecule has 0 spiro atoms. The third-order valence-corrected chi connectivity index (χ3v) is 6.64. The van der Waals surface area contributed by atoms with Crippen molar-refractivity contribution in [2.24, 2.45) is 0 Å². The summed E-state index contributed by atoms with van der Waals surface area (Å²) in [4.78, 5) is 9.33. The number of fused-ring (bicyclic) bond motifs is 1. The van der Waals surface area contributed by atoms with Crippen LogP contribution in [0, 0.1) is 0 Å². The van der Waals surface area contributed by atoms with E-state index in [9.17, 15) is 8.42 Å². The van der Waals surface area contributed by atoms with Crippen molar-refractivity contribution in [2.75, 3.05) is 23.5 Å². The molecule has 164 valence electrons. The highest BCUT2D eigenvalue weighted by Crippen LogP contribution is 2.31. The summed E-state index contributed by atoms with van der Waals surface area (Å²) in [5.41, 5.74) is 3.08. The Morgan fingerprint density at radius 1 is 0.844 bits per heavy atom. The van der Waals surface area contributed by atoms with E-state index in [2.05, 4.69) is 20.6 Å². The molecule has 0 unspecified atom stereocenters. The quantitative estimate of drug-likeness (QED) is 0.389. The molecule has 4 aromatic rings. The zero-order chi connectivity index (χ0) is 22.6. The number of nitrogens with one attached hydrogen (secondary N) is 2. The number of para-hydroxylation sites is 2. The Hall–Kier alpha value is -3.65. The molecule has 32 heavy (non-hydrogen) atoms. The van der Waals surface area contributed by atoms with Gasteiger partial charge in [-0.05, 0) is 42.0 Å². The molecular formula is C24H24N4O3S. The van der Waals surface area contributed by atoms with E-state index in [1.807, 2.05) is 60.7 Å². The highest BCUT2D eigenvalue weighted by molar-refractivity contribution is 7.90. The number of ether oxygens (including phenoxy) is 1. The number of methoxy groups -OCH3 is 1. The fourth-order valence-electron chi connectivity index (χ4n) is 3.27. The summed E-state index contributed by atoms with van der Waals surface area (Å²) in [6.45, 7) is 1.65. The first-order valence-corrected chi connectivity index (χ1v) is 12.0. The largest absolute Gasteiger partial charge is 0.494 e. The molecule has 8 heteroatoms. The van der Waals surface area contributed by atoms with E-state index in [1.165, 1.54) is 0 Å². The highest BCUT2D eigenvalue weighted by Gasteiger charge is 2.13. The number of rotatable bonds is 8. The predicted octanol–water partition coefficient (Wildman–Crippen LogP) is 5.06. The second kappa shape index (κ2) is 9.23. The third-order valence-electron chi connectivity index (χ3n) is 4.98. The van der Waals surface area contributed by atoms with Gasteiger partial charge in [0.05, 0.1) is 12.9 Å². The zero-order valence-electron chi connectivity index (χ0n) is 17.9. The number of hydrogen-bond acceptors (Lipinski definition) is 7. The average Bonchev–Trinajstić information content (AvgIpc) is 2.80. The van der Waals surface area contributed by atoms with Gasteiger partial charge < -0.3 is 15.4 Å². The number of anilines is 4. The summed E-state index contributed by atoms with van der Waals surface area (Å²) in [7, 11) is -1.47. The van der Waals surface area contributed by atoms with Crippen molar-refractivity contribution in [2.45, 2.75) is 12.7 Å². The van der Waals surface area contributed by atoms with Crippen molar-refractivity contribution >= 4 is 43.9 Å². The Morgan fingerprint density at radius 3 is 2.25 bits per heavy atom. The van der Waals surface area contributed by atoms with E-state index in [-0.39, 0.29) is 11.5 Å². The molecule has 1 heterocycles. The van der Waals surface area contributed by atoms with Crippen molar-refractivity contribution in [3.63, 3.8) is 0 Å². The van der Waals surface area contributed by atoms with E-state index in [0.717, 1.165) is 22.3 Å². The van der Waals surface area contributed by atoms with Crippen LogP contribution in [0.3, 0.4) is 0 Å². The lowest BCUT2D eigenvalue weighted by molar-refractivity contribution is 0.419. The maximum Gasteiger partial charge on any atom is 0.229 e. The van der Waals surface area contributed by atoms with Gasteiger partial charge in [-0.15, -0.1) is 0 Å². The first-order chi connectivity index (χ1) is 15.5. The molecule has 0 saturated carbocycles. The van der Waals surface area contributed by atoms with E-state index >= 15 is 0 Å². The summed E-state index contributed by atoms with van der Waals surface area (Å²) in [5.74, 6) is 1.84. The molecule has 2 N–H and O–H groups in total. The van der Waals surface area contributed by atoms with Gasteiger partial charge in [0.15, 0.2) is 9.84 Å². The zero-order valence-corrected chi connectivity index (χ0v) is 18.7. The number of aromatic nitrogens is 2. The highest BCUT2D eigenvalue weighted by atomic mass is 32.2. The van der Waals surface area contributed by atoms with Gasteiger partial charge in [-0.3, -0.25) is 0 Å². The maximum absolute atomic E-state index is 11.9. The van der Waals surface area contributed by atoms with Gasteiger partial charge in [-0.25, -0.2) is 13.4 Å². The molecule has 0 aliphatic rings. The van der Waals surface area contributed by atoms with Crippen LogP contribution < -0.4 is 15.4 Å². The first-order valence-electron chi connectivity index (χ1n) is 10.2. The Bertz CT molecular complexity index is 1320. The van der Waals surface area contributed by atoms with Crippen molar-refractivity contribution in [1.29, 1.82) is 0 Å². The SMILES string of the molecule is CCS(=O)(=O)Cc1ccc(Nc2nc(Nc3ccccc3)c3cccc(OC)c3n2)cc1. The van der Waals surface area contributed by atoms with Crippen molar-refractivity contribution in [3.8, 4) is 5.75 Å². The van der Waals surface area contributed by atoms with Crippen LogP contribution in [0.4, 0.5) is 23.1 Å². The summed E-state index contributed by atoms with van der Waals surface area (Å²) in [6, 6.07) is 22.7. The summed E-state index contributed by atoms with van der Waals surface area (Å²) >= 11 is 0. The average molecular weight is 449 g/mol. The molecule has 7 nitrogen and oxygen atoms in total. The van der Waals surface area contributed by atoms with Crippen LogP contribution in [0.15, 0.2) is 72.8 Å². The summed E-state index contributed by atoms with van der Waals surface area (Å²) in [6.07, 6.45) is 0. The van der Waals surface area contributed by atoms with E-state index < -0.39 is 9.84 Å². The summed E-state index contributed by atoms with van der Waals surface area (Å²) in [5, 5.41) is 7.39. The third kappa shape index (κ3) is 4.97. The van der Waals surface area contributed by atoms with Crippen LogP contribution in [0.5, 0.6) is 5.75 Å². The van der Waals surface area contributed by atoms with Crippen LogP contribution in [0.2, 0.25) is 0 Å². The monoisotopic (exact) mass is 448 g/mol. The van der Waals surface area contributed by atoms with Gasteiger partial charge >= 0.3 is 0 Å². The van der Waals surface area contributed by atoms with Crippen molar-refractivity contribution in [3.05, 3.63) is 78.4 Å². The lowest BCUT2D eigenvalue weighted by Crippen LogP contribution is -2.06. The standard InChI is InChI=1S/C24H24N4O3S/c1-3-32(29,30)16-17-12-14-19(15-13-17)26-24-27-22-20(10-7-11-21(22)31-2)23(28-24)25-18-8-5-4-6-9-18/h4-15H,3,16H2,1-2H3,(H2,25,26,27,28). The Labute approximate surface area is 187 Å². The van der Waals surface area contributed by atoms with Crippen LogP contribution in [0.1, 0.15) is 12.5 Å². The molecule has 0 aliphatic carbocycles. The lowest BCUT2D eigenvalue weighted by atomic mass is 10.2. The fourth-order valence-corrected chi connectivity index (χ4v) is 4.17. The number of benzene rings is 3. The number of nitrogens with zero attached hydrogens (tertiary/aromatic N) is 2. The Morgan fingerprint density at radius 2 is 1.56 bits per heavy atom. The summed E-state index contributed by atoms with van der Waals surface area (Å²) < 4.78 is 29.2. The van der Waals surface area contributed by atoms with Crippen molar-refractivity contribution in [1.82, 2.24) is 9.97 Å². The van der Waals surface area contributed by atoms with Gasteiger partial charge in [0.1, 0.15) is 17.1 Å². The molecule has 1 aromatic heterocycles. The minimum Gasteiger partial charge on any atom is -0.494 e. The molecule has 4 rings (SSSR count). The maximum atomic E-state index is 11.9. The molecular weight excluding hydrogens is 424 g/mol. The molecule has 3 aromatic carbocycles. The minimum atomic E-state index is -3.08. The molecule has 0 radical (unpaired) electrons. The second-order valence-electron chi connectivity index (χ2n) is 7.24. The van der Waals surface area contributed by atoms with E-state index in [0.29, 0.717) is 23.0 Å². The van der Waals surface area contributed by atoms with Gasteiger partial charge in [-0.1, -0.05) is 43.3 Å². The van der Waals surface area contributed by atoms with Crippen LogP contribution in [-0.2, 0) is 15.6 Å². The molecule has 0 bridgehead atoms. The molecule has 0 fully saturated rings. The lowest BCUT2D eigenvalue weighted by Gasteiger charge is -2.14. The van der Waals surface area contributed by atoms with Gasteiger partial charge in [-0.2, -0.15) is 4.98 Å². The smallest absolute Gasteiger partial charge is 0.229 e. The predicted molar refractivity (Wildman–Crippen MR) is 129 cm³/mol. The van der Waals surface area contributed by atoms with Gasteiger partial charge in [0.2, 0.25) is 5.95 Å². The van der Waals surface area contributed by atoms with Crippen molar-refractivity contribution < 1.29 is 13.2 Å². The van der Waals surface area contributed by atoms with E-state index in [4.69, 9.17) is 4.74 Å². The van der Waals surface area contributed by atoms with Gasteiger partial charge in [0, 0.05) is 22.5 Å². The Balaban J connectivity index is 1.68. The van der Waals surface area contributed by atoms with Crippen LogP contribution in [0.25, 0.3) is 10.9 Å². The first kappa shape index (κ1) is 21.6. The minimum absolute atomic E-state index is 0.0264. The van der Waals surface area contributed by atoms with Crippen LogP contribution >= 0.6 is 0 Å². The van der Waals surface area contributed by atoms with E-state index in [1.54, 1.807) is 26.2 Å². The van der Waals surface area contributed by atoms with Crippen LogP contribution in [-0.4, -0.2) is 31.2 Å². The van der Waals surface area contributed by atoms with Gasteiger partial charge in [0.25, 0.3) is 0 Å². The normalized spacial score (nSPS) is 11.3. The molecule has 0 amide bonds. The fraction of sp³-hybridized carbons (Fsp3) is 0.167. The number of sulfone groups is 1. The molecule has 0 aliphatic heterocycles. The molecule has 0 saturated heterocycles. The second-order valence-corrected chi connectivity index (χ2v) is 9.59. The topological polar surface area (TPSA) is 93.2 Å².